The van der Waals surface area contributed by atoms with Gasteiger partial charge in [-0.2, -0.15) is 5.10 Å². The van der Waals surface area contributed by atoms with E-state index >= 15 is 0 Å². The van der Waals surface area contributed by atoms with Gasteiger partial charge in [-0.25, -0.2) is 5.43 Å². The molecule has 1 saturated carbocycles. The van der Waals surface area contributed by atoms with Crippen LogP contribution in [0.25, 0.3) is 0 Å². The molecule has 1 amide bonds. The Balaban J connectivity index is 2.05. The number of benzene rings is 1. The first-order chi connectivity index (χ1) is 9.67. The molecule has 1 fully saturated rings. The Labute approximate surface area is 138 Å². The molecule has 112 valence electrons. The zero-order valence-electron chi connectivity index (χ0n) is 11.4. The molecule has 0 heterocycles. The van der Waals surface area contributed by atoms with E-state index in [1.165, 1.54) is 12.1 Å². The number of carbonyl (C=O) groups excluding carboxylic acids is 1. The van der Waals surface area contributed by atoms with Crippen LogP contribution in [-0.2, 0) is 4.79 Å². The van der Waals surface area contributed by atoms with Crippen LogP contribution < -0.4 is 5.43 Å². The van der Waals surface area contributed by atoms with E-state index in [-0.39, 0.29) is 14.8 Å². The molecule has 1 atom stereocenters. The fourth-order valence-electron chi connectivity index (χ4n) is 1.79. The highest BCUT2D eigenvalue weighted by atomic mass is 79.9. The van der Waals surface area contributed by atoms with Gasteiger partial charge in [-0.1, -0.05) is 31.9 Å². The van der Waals surface area contributed by atoms with Crippen LogP contribution in [0.1, 0.15) is 25.8 Å². The topological polar surface area (TPSA) is 84.6 Å². The maximum absolute atomic E-state index is 12.1. The van der Waals surface area contributed by atoms with Crippen LogP contribution in [0.3, 0.4) is 0 Å². The lowest BCUT2D eigenvalue weighted by Crippen LogP contribution is -2.30. The minimum atomic E-state index is -0.535. The Morgan fingerprint density at radius 3 is 2.33 bits per heavy atom. The van der Waals surface area contributed by atoms with Crippen LogP contribution in [0.5, 0.6) is 0 Å². The number of rotatable bonds is 4. The Morgan fingerprint density at radius 2 is 1.90 bits per heavy atom. The monoisotopic (exact) mass is 417 g/mol. The third-order valence-electron chi connectivity index (χ3n) is 3.58. The lowest BCUT2D eigenvalue weighted by molar-refractivity contribution is -0.384. The van der Waals surface area contributed by atoms with Crippen LogP contribution in [-0.4, -0.2) is 19.8 Å². The molecule has 1 aliphatic carbocycles. The number of halogens is 2. The van der Waals surface area contributed by atoms with Gasteiger partial charge in [-0.15, -0.1) is 0 Å². The predicted octanol–water partition coefficient (Wildman–Crippen LogP) is 3.33. The summed E-state index contributed by atoms with van der Waals surface area (Å²) in [5.41, 5.74) is 3.31. The van der Waals surface area contributed by atoms with E-state index in [1.54, 1.807) is 19.1 Å². The summed E-state index contributed by atoms with van der Waals surface area (Å²) in [5.74, 6) is -0.183. The number of alkyl halides is 2. The molecule has 1 aromatic carbocycles. The fourth-order valence-corrected chi connectivity index (χ4v) is 3.27. The molecule has 1 aliphatic rings. The van der Waals surface area contributed by atoms with E-state index in [9.17, 15) is 14.9 Å². The molecule has 0 bridgehead atoms. The number of amides is 1. The van der Waals surface area contributed by atoms with Gasteiger partial charge in [0.1, 0.15) is 0 Å². The fraction of sp³-hybridized carbons (Fsp3) is 0.385. The molecular weight excluding hydrogens is 406 g/mol. The summed E-state index contributed by atoms with van der Waals surface area (Å²) in [6.45, 7) is 3.56. The van der Waals surface area contributed by atoms with E-state index in [2.05, 4.69) is 42.4 Å². The molecule has 0 saturated heterocycles. The van der Waals surface area contributed by atoms with Gasteiger partial charge >= 0.3 is 0 Å². The summed E-state index contributed by atoms with van der Waals surface area (Å²) in [5, 5.41) is 14.6. The largest absolute Gasteiger partial charge is 0.272 e. The van der Waals surface area contributed by atoms with Crippen molar-refractivity contribution in [3.63, 3.8) is 0 Å². The van der Waals surface area contributed by atoms with Crippen molar-refractivity contribution in [2.45, 2.75) is 23.5 Å². The van der Waals surface area contributed by atoms with Gasteiger partial charge in [0, 0.05) is 12.1 Å². The maximum atomic E-state index is 12.1. The third kappa shape index (κ3) is 3.16. The Hall–Kier alpha value is -1.28. The number of nitrogens with one attached hydrogen (secondary N) is 1. The summed E-state index contributed by atoms with van der Waals surface area (Å²) in [4.78, 5) is 22.2. The Morgan fingerprint density at radius 1 is 1.38 bits per heavy atom. The number of nitro benzene ring substituents is 1. The number of hydrogen-bond donors (Lipinski definition) is 1. The summed E-state index contributed by atoms with van der Waals surface area (Å²) < 4.78 is -0.367. The van der Waals surface area contributed by atoms with Crippen LogP contribution in [0.4, 0.5) is 5.69 Å². The molecule has 0 aromatic heterocycles. The maximum Gasteiger partial charge on any atom is 0.269 e. The molecule has 2 rings (SSSR count). The van der Waals surface area contributed by atoms with Crippen LogP contribution in [0.2, 0.25) is 0 Å². The van der Waals surface area contributed by atoms with Gasteiger partial charge in [-0.05, 0) is 38.0 Å². The first kappa shape index (κ1) is 16.1. The molecule has 21 heavy (non-hydrogen) atoms. The first-order valence-corrected chi connectivity index (χ1v) is 7.73. The van der Waals surface area contributed by atoms with Crippen LogP contribution in [0.15, 0.2) is 29.4 Å². The van der Waals surface area contributed by atoms with Crippen molar-refractivity contribution in [3.8, 4) is 0 Å². The second kappa shape index (κ2) is 5.49. The zero-order chi connectivity index (χ0) is 15.8. The highest BCUT2D eigenvalue weighted by Gasteiger charge is 2.66. The van der Waals surface area contributed by atoms with Crippen molar-refractivity contribution in [1.29, 1.82) is 0 Å². The first-order valence-electron chi connectivity index (χ1n) is 6.15. The van der Waals surface area contributed by atoms with Gasteiger partial charge in [0.05, 0.1) is 19.3 Å². The molecule has 1 unspecified atom stereocenters. The van der Waals surface area contributed by atoms with Crippen molar-refractivity contribution in [3.05, 3.63) is 39.9 Å². The summed E-state index contributed by atoms with van der Waals surface area (Å²) in [6.07, 6.45) is 0.679. The van der Waals surface area contributed by atoms with E-state index in [0.717, 1.165) is 0 Å². The van der Waals surface area contributed by atoms with Crippen molar-refractivity contribution < 1.29 is 9.72 Å². The van der Waals surface area contributed by atoms with Crippen molar-refractivity contribution in [2.24, 2.45) is 10.5 Å². The van der Waals surface area contributed by atoms with Crippen molar-refractivity contribution in [1.82, 2.24) is 5.43 Å². The normalized spacial score (nSPS) is 23.5. The van der Waals surface area contributed by atoms with E-state index in [4.69, 9.17) is 0 Å². The van der Waals surface area contributed by atoms with Gasteiger partial charge in [0.2, 0.25) is 5.91 Å². The molecule has 0 radical (unpaired) electrons. The summed E-state index contributed by atoms with van der Waals surface area (Å²) >= 11 is 6.85. The molecular formula is C13H13Br2N3O3. The molecule has 0 spiro atoms. The molecule has 6 nitrogen and oxygen atoms in total. The Kier molecular flexibility index (Phi) is 4.21. The number of hydrogen-bond acceptors (Lipinski definition) is 4. The molecule has 0 aliphatic heterocycles. The smallest absolute Gasteiger partial charge is 0.269 e. The molecule has 1 N–H and O–H groups in total. The van der Waals surface area contributed by atoms with Crippen LogP contribution >= 0.6 is 31.9 Å². The highest BCUT2D eigenvalue weighted by Crippen LogP contribution is 2.66. The lowest BCUT2D eigenvalue weighted by atomic mass is 10.1. The van der Waals surface area contributed by atoms with E-state index in [0.29, 0.717) is 17.7 Å². The quantitative estimate of drug-likeness (QED) is 0.352. The predicted molar refractivity (Wildman–Crippen MR) is 86.8 cm³/mol. The second-order valence-electron chi connectivity index (χ2n) is 5.16. The standard InChI is InChI=1S/C13H13Br2N3O3/c1-8(9-3-5-10(6-4-9)18(20)21)16-17-11(19)12(2)7-13(12,14)15/h3-6H,7H2,1-2H3,(H,17,19). The number of carbonyl (C=O) groups is 1. The summed E-state index contributed by atoms with van der Waals surface area (Å²) in [7, 11) is 0. The minimum absolute atomic E-state index is 0.0180. The van der Waals surface area contributed by atoms with Gasteiger partial charge < -0.3 is 0 Å². The molecule has 1 aromatic rings. The average molecular weight is 419 g/mol. The van der Waals surface area contributed by atoms with Gasteiger partial charge in [0.25, 0.3) is 5.69 Å². The molecule has 8 heteroatoms. The van der Waals surface area contributed by atoms with E-state index < -0.39 is 10.3 Å². The SMILES string of the molecule is CC(=NNC(=O)C1(C)CC1(Br)Br)c1ccc([N+](=O)[O-])cc1. The number of nitro groups is 1. The zero-order valence-corrected chi connectivity index (χ0v) is 14.6. The number of hydrazone groups is 1. The van der Waals surface area contributed by atoms with Crippen molar-refractivity contribution >= 4 is 49.2 Å². The number of non-ortho nitro benzene ring substituents is 1. The second-order valence-corrected chi connectivity index (χ2v) is 8.93. The van der Waals surface area contributed by atoms with Crippen molar-refractivity contribution in [2.75, 3.05) is 0 Å². The van der Waals surface area contributed by atoms with E-state index in [1.807, 2.05) is 6.92 Å². The average Bonchev–Trinajstić information content (AvgIpc) is 2.96. The third-order valence-corrected chi connectivity index (χ3v) is 5.89. The van der Waals surface area contributed by atoms with Gasteiger partial charge in [-0.3, -0.25) is 14.9 Å². The Bertz CT molecular complexity index is 628. The highest BCUT2D eigenvalue weighted by molar-refractivity contribution is 9.25. The van der Waals surface area contributed by atoms with Crippen LogP contribution in [0, 0.1) is 15.5 Å². The minimum Gasteiger partial charge on any atom is -0.272 e. The van der Waals surface area contributed by atoms with Gasteiger partial charge in [0.15, 0.2) is 0 Å². The summed E-state index contributed by atoms with van der Waals surface area (Å²) in [6, 6.07) is 6.00. The number of nitrogens with zero attached hydrogens (tertiary/aromatic N) is 2. The lowest BCUT2D eigenvalue weighted by Gasteiger charge is -2.10.